The number of hydrogen-bond acceptors (Lipinski definition) is 6. The van der Waals surface area contributed by atoms with Crippen LogP contribution in [0.25, 0.3) is 0 Å². The summed E-state index contributed by atoms with van der Waals surface area (Å²) in [4.78, 5) is 24.3. The standard InChI is InChI=1S/C19H22O6/c1-5-12-9-14(18(23-4)11-17(12)22-3)15(20)10-13-7-8-16(25-13)19(21)24-6-2/h7-9,11H,5-6,10H2,1-4H3. The normalized spacial score (nSPS) is 10.4. The van der Waals surface area contributed by atoms with Crippen LogP contribution in [0.5, 0.6) is 11.5 Å². The third-order valence-electron chi connectivity index (χ3n) is 3.76. The molecule has 0 amide bonds. The number of ketones is 1. The average Bonchev–Trinajstić information content (AvgIpc) is 3.09. The molecular formula is C19H22O6. The van der Waals surface area contributed by atoms with Gasteiger partial charge in [0, 0.05) is 6.07 Å². The molecule has 0 atom stereocenters. The van der Waals surface area contributed by atoms with Crippen LogP contribution < -0.4 is 9.47 Å². The summed E-state index contributed by atoms with van der Waals surface area (Å²) >= 11 is 0. The van der Waals surface area contributed by atoms with Gasteiger partial charge in [0.15, 0.2) is 5.78 Å². The first-order valence-corrected chi connectivity index (χ1v) is 8.07. The molecule has 0 spiro atoms. The highest BCUT2D eigenvalue weighted by atomic mass is 16.5. The molecule has 0 aliphatic carbocycles. The highest BCUT2D eigenvalue weighted by molar-refractivity contribution is 6.00. The third kappa shape index (κ3) is 4.21. The van der Waals surface area contributed by atoms with Crippen molar-refractivity contribution in [1.82, 2.24) is 0 Å². The number of aryl methyl sites for hydroxylation is 1. The van der Waals surface area contributed by atoms with E-state index in [0.717, 1.165) is 12.0 Å². The molecule has 25 heavy (non-hydrogen) atoms. The number of Topliss-reactive ketones (excluding diaryl/α,β-unsaturated/α-hetero) is 1. The van der Waals surface area contributed by atoms with Crippen LogP contribution in [0.1, 0.15) is 46.1 Å². The van der Waals surface area contributed by atoms with Crippen LogP contribution in [0, 0.1) is 0 Å². The Hall–Kier alpha value is -2.76. The number of methoxy groups -OCH3 is 2. The zero-order chi connectivity index (χ0) is 18.4. The summed E-state index contributed by atoms with van der Waals surface area (Å²) in [5.74, 6) is 0.884. The molecule has 0 fully saturated rings. The number of carbonyl (C=O) groups is 2. The van der Waals surface area contributed by atoms with Gasteiger partial charge in [-0.3, -0.25) is 4.79 Å². The molecule has 0 bridgehead atoms. The molecule has 0 aliphatic heterocycles. The van der Waals surface area contributed by atoms with E-state index in [1.165, 1.54) is 13.2 Å². The molecule has 2 aromatic rings. The van der Waals surface area contributed by atoms with E-state index in [1.54, 1.807) is 32.2 Å². The first-order chi connectivity index (χ1) is 12.0. The molecule has 6 nitrogen and oxygen atoms in total. The molecule has 1 aromatic carbocycles. The molecule has 0 unspecified atom stereocenters. The maximum Gasteiger partial charge on any atom is 0.374 e. The first-order valence-electron chi connectivity index (χ1n) is 8.07. The molecule has 2 rings (SSSR count). The van der Waals surface area contributed by atoms with Gasteiger partial charge in [-0.15, -0.1) is 0 Å². The molecular weight excluding hydrogens is 324 g/mol. The number of carbonyl (C=O) groups excluding carboxylic acids is 2. The predicted octanol–water partition coefficient (Wildman–Crippen LogP) is 3.46. The molecule has 134 valence electrons. The number of ether oxygens (including phenoxy) is 3. The molecule has 6 heteroatoms. The minimum absolute atomic E-state index is 0.0191. The smallest absolute Gasteiger partial charge is 0.374 e. The van der Waals surface area contributed by atoms with Gasteiger partial charge in [-0.2, -0.15) is 0 Å². The Bertz CT molecular complexity index is 759. The van der Waals surface area contributed by atoms with Crippen molar-refractivity contribution in [1.29, 1.82) is 0 Å². The molecule has 0 N–H and O–H groups in total. The first kappa shape index (κ1) is 18.6. The van der Waals surface area contributed by atoms with E-state index in [-0.39, 0.29) is 24.6 Å². The summed E-state index contributed by atoms with van der Waals surface area (Å²) in [6, 6.07) is 6.58. The van der Waals surface area contributed by atoms with Crippen molar-refractivity contribution in [2.45, 2.75) is 26.7 Å². The Morgan fingerprint density at radius 3 is 2.36 bits per heavy atom. The number of hydrogen-bond donors (Lipinski definition) is 0. The van der Waals surface area contributed by atoms with Crippen LogP contribution in [0.3, 0.4) is 0 Å². The van der Waals surface area contributed by atoms with Crippen LogP contribution in [-0.4, -0.2) is 32.6 Å². The third-order valence-corrected chi connectivity index (χ3v) is 3.76. The van der Waals surface area contributed by atoms with Crippen molar-refractivity contribution in [2.24, 2.45) is 0 Å². The highest BCUT2D eigenvalue weighted by Gasteiger charge is 2.19. The van der Waals surface area contributed by atoms with Crippen LogP contribution >= 0.6 is 0 Å². The van der Waals surface area contributed by atoms with Gasteiger partial charge in [-0.05, 0) is 37.1 Å². The van der Waals surface area contributed by atoms with Crippen molar-refractivity contribution in [3.8, 4) is 11.5 Å². The van der Waals surface area contributed by atoms with Gasteiger partial charge in [-0.1, -0.05) is 6.92 Å². The van der Waals surface area contributed by atoms with Crippen LogP contribution in [0.4, 0.5) is 0 Å². The maximum atomic E-state index is 12.7. The van der Waals surface area contributed by atoms with Gasteiger partial charge < -0.3 is 18.6 Å². The van der Waals surface area contributed by atoms with E-state index in [9.17, 15) is 9.59 Å². The van der Waals surface area contributed by atoms with Crippen molar-refractivity contribution < 1.29 is 28.2 Å². The summed E-state index contributed by atoms with van der Waals surface area (Å²) in [5.41, 5.74) is 1.37. The monoisotopic (exact) mass is 346 g/mol. The van der Waals surface area contributed by atoms with Gasteiger partial charge in [0.2, 0.25) is 5.76 Å². The Balaban J connectivity index is 2.24. The number of rotatable bonds is 8. The quantitative estimate of drug-likeness (QED) is 0.538. The summed E-state index contributed by atoms with van der Waals surface area (Å²) in [6.45, 7) is 3.96. The summed E-state index contributed by atoms with van der Waals surface area (Å²) in [7, 11) is 3.08. The maximum absolute atomic E-state index is 12.7. The van der Waals surface area contributed by atoms with E-state index in [1.807, 2.05) is 6.92 Å². The fourth-order valence-electron chi connectivity index (χ4n) is 2.50. The Labute approximate surface area is 146 Å². The molecule has 0 aliphatic rings. The second-order valence-corrected chi connectivity index (χ2v) is 5.30. The minimum Gasteiger partial charge on any atom is -0.496 e. The van der Waals surface area contributed by atoms with Crippen molar-refractivity contribution in [2.75, 3.05) is 20.8 Å². The molecule has 0 radical (unpaired) electrons. The van der Waals surface area contributed by atoms with E-state index in [0.29, 0.717) is 22.8 Å². The summed E-state index contributed by atoms with van der Waals surface area (Å²) in [6.07, 6.45) is 0.743. The van der Waals surface area contributed by atoms with Gasteiger partial charge in [0.25, 0.3) is 0 Å². The lowest BCUT2D eigenvalue weighted by Gasteiger charge is -2.13. The highest BCUT2D eigenvalue weighted by Crippen LogP contribution is 2.30. The fourth-order valence-corrected chi connectivity index (χ4v) is 2.50. The Morgan fingerprint density at radius 2 is 1.76 bits per heavy atom. The summed E-state index contributed by atoms with van der Waals surface area (Å²) in [5, 5.41) is 0. The molecule has 0 saturated heterocycles. The molecule has 1 heterocycles. The fraction of sp³-hybridized carbons (Fsp3) is 0.368. The van der Waals surface area contributed by atoms with E-state index >= 15 is 0 Å². The second kappa shape index (κ2) is 8.37. The number of esters is 1. The largest absolute Gasteiger partial charge is 0.496 e. The lowest BCUT2D eigenvalue weighted by Crippen LogP contribution is -2.07. The zero-order valence-corrected chi connectivity index (χ0v) is 14.9. The second-order valence-electron chi connectivity index (χ2n) is 5.30. The SMILES string of the molecule is CCOC(=O)c1ccc(CC(=O)c2cc(CC)c(OC)cc2OC)o1. The lowest BCUT2D eigenvalue weighted by atomic mass is 10.0. The van der Waals surface area contributed by atoms with Gasteiger partial charge in [0.1, 0.15) is 17.3 Å². The van der Waals surface area contributed by atoms with Gasteiger partial charge in [-0.25, -0.2) is 4.79 Å². The topological polar surface area (TPSA) is 75.0 Å². The zero-order valence-electron chi connectivity index (χ0n) is 14.9. The predicted molar refractivity (Wildman–Crippen MR) is 91.6 cm³/mol. The average molecular weight is 346 g/mol. The van der Waals surface area contributed by atoms with Gasteiger partial charge in [0.05, 0.1) is 32.8 Å². The summed E-state index contributed by atoms with van der Waals surface area (Å²) < 4.78 is 20.9. The van der Waals surface area contributed by atoms with E-state index in [4.69, 9.17) is 18.6 Å². The number of benzene rings is 1. The number of furan rings is 1. The van der Waals surface area contributed by atoms with Crippen LogP contribution in [0.2, 0.25) is 0 Å². The van der Waals surface area contributed by atoms with Crippen molar-refractivity contribution in [3.63, 3.8) is 0 Å². The van der Waals surface area contributed by atoms with Crippen molar-refractivity contribution in [3.05, 3.63) is 46.9 Å². The lowest BCUT2D eigenvalue weighted by molar-refractivity contribution is 0.0487. The Kier molecular flexibility index (Phi) is 6.22. The van der Waals surface area contributed by atoms with Crippen LogP contribution in [-0.2, 0) is 17.6 Å². The van der Waals surface area contributed by atoms with Crippen LogP contribution in [0.15, 0.2) is 28.7 Å². The van der Waals surface area contributed by atoms with E-state index < -0.39 is 5.97 Å². The van der Waals surface area contributed by atoms with E-state index in [2.05, 4.69) is 0 Å². The Morgan fingerprint density at radius 1 is 1.04 bits per heavy atom. The minimum atomic E-state index is -0.545. The van der Waals surface area contributed by atoms with Gasteiger partial charge >= 0.3 is 5.97 Å². The molecule has 1 aromatic heterocycles. The van der Waals surface area contributed by atoms with Crippen molar-refractivity contribution >= 4 is 11.8 Å². The molecule has 0 saturated carbocycles.